The lowest BCUT2D eigenvalue weighted by Crippen LogP contribution is -2.36. The van der Waals surface area contributed by atoms with Gasteiger partial charge in [-0.25, -0.2) is 4.98 Å². The van der Waals surface area contributed by atoms with Crippen LogP contribution in [0.3, 0.4) is 0 Å². The fraction of sp³-hybridized carbons (Fsp3) is 0.235. The number of nitrogens with zero attached hydrogens (tertiary/aromatic N) is 3. The number of para-hydroxylation sites is 1. The Morgan fingerprint density at radius 1 is 0.950 bits per heavy atom. The van der Waals surface area contributed by atoms with E-state index >= 15 is 0 Å². The van der Waals surface area contributed by atoms with Gasteiger partial charge >= 0.3 is 0 Å². The first-order valence-corrected chi connectivity index (χ1v) is 14.4. The quantitative estimate of drug-likeness (QED) is 0.274. The van der Waals surface area contributed by atoms with Crippen molar-refractivity contribution >= 4 is 27.9 Å². The van der Waals surface area contributed by atoms with Crippen molar-refractivity contribution in [3.63, 3.8) is 0 Å². The third-order valence-corrected chi connectivity index (χ3v) is 9.35. The lowest BCUT2D eigenvalue weighted by Gasteiger charge is -2.36. The number of hydrogen-bond donors (Lipinski definition) is 0. The summed E-state index contributed by atoms with van der Waals surface area (Å²) in [7, 11) is 2.00. The van der Waals surface area contributed by atoms with Gasteiger partial charge < -0.3 is 14.9 Å². The molecular weight excluding hydrogens is 514 g/mol. The third-order valence-electron chi connectivity index (χ3n) is 8.06. The highest BCUT2D eigenvalue weighted by molar-refractivity contribution is 7.16. The van der Waals surface area contributed by atoms with Crippen molar-refractivity contribution in [3.8, 4) is 0 Å². The van der Waals surface area contributed by atoms with Crippen LogP contribution >= 0.6 is 11.3 Å². The Hall–Kier alpha value is -4.16. The number of aromatic nitrogens is 1. The molecule has 0 amide bonds. The van der Waals surface area contributed by atoms with Crippen LogP contribution in [0.15, 0.2) is 108 Å². The number of hydrogen-bond acceptors (Lipinski definition) is 6. The molecular formula is C34H32N3O2S-. The van der Waals surface area contributed by atoms with Gasteiger partial charge in [-0.2, -0.15) is 0 Å². The Morgan fingerprint density at radius 2 is 1.52 bits per heavy atom. The minimum Gasteiger partial charge on any atom is -0.874 e. The highest BCUT2D eigenvalue weighted by Gasteiger charge is 2.41. The molecule has 2 aliphatic rings. The van der Waals surface area contributed by atoms with Gasteiger partial charge in [0.05, 0.1) is 11.6 Å². The normalized spacial score (nSPS) is 18.7. The molecule has 0 saturated carbocycles. The zero-order chi connectivity index (χ0) is 28.0. The number of allylic oxidation sites excluding steroid dienone is 4. The van der Waals surface area contributed by atoms with Crippen molar-refractivity contribution in [1.29, 1.82) is 0 Å². The number of thiazole rings is 1. The minimum atomic E-state index is -0.773. The molecule has 0 spiro atoms. The van der Waals surface area contributed by atoms with Crippen LogP contribution in [0.4, 0.5) is 10.8 Å². The Kier molecular flexibility index (Phi) is 6.59. The largest absolute Gasteiger partial charge is 0.874 e. The molecule has 0 fully saturated rings. The summed E-state index contributed by atoms with van der Waals surface area (Å²) in [5.41, 5.74) is 6.35. The summed E-state index contributed by atoms with van der Waals surface area (Å²) in [5.74, 6) is -1.01. The SMILES string of the molecule is Cc1nc(N(Cc2ccccc2)Cc2ccccc2)sc1C1C(=O)C(/C=C2\N(C)c3ccccc3C2(C)C)=C1[O-]. The van der Waals surface area contributed by atoms with Gasteiger partial charge in [-0.15, -0.1) is 17.1 Å². The average molecular weight is 547 g/mol. The van der Waals surface area contributed by atoms with E-state index in [9.17, 15) is 9.90 Å². The van der Waals surface area contributed by atoms with Crippen LogP contribution in [-0.4, -0.2) is 17.8 Å². The number of Topliss-reactive ketones (excluding diaryl/α,β-unsaturated/α-hetero) is 1. The van der Waals surface area contributed by atoms with Gasteiger partial charge in [0.15, 0.2) is 10.9 Å². The standard InChI is InChI=1S/C34H33N3O2S/c1-22-32(40-33(35-22)37(20-23-13-7-5-8-14-23)21-24-15-9-6-10-16-24)29-30(38)25(31(29)39)19-28-34(2,3)26-17-11-12-18-27(26)36(28)4/h5-19,29,38H,20-21H2,1-4H3/p-1/b28-19-. The van der Waals surface area contributed by atoms with E-state index in [1.54, 1.807) is 0 Å². The van der Waals surface area contributed by atoms with E-state index < -0.39 is 5.92 Å². The molecule has 1 aliphatic heterocycles. The van der Waals surface area contributed by atoms with E-state index in [-0.39, 0.29) is 22.5 Å². The predicted molar refractivity (Wildman–Crippen MR) is 160 cm³/mol. The first kappa shape index (κ1) is 26.1. The van der Waals surface area contributed by atoms with Crippen molar-refractivity contribution in [1.82, 2.24) is 4.98 Å². The molecule has 3 aromatic carbocycles. The molecule has 1 unspecified atom stereocenters. The van der Waals surface area contributed by atoms with Gasteiger partial charge in [-0.1, -0.05) is 92.7 Å². The first-order chi connectivity index (χ1) is 19.3. The number of ketones is 1. The van der Waals surface area contributed by atoms with Crippen LogP contribution in [0, 0.1) is 6.92 Å². The molecule has 5 nitrogen and oxygen atoms in total. The van der Waals surface area contributed by atoms with Gasteiger partial charge in [0.25, 0.3) is 0 Å². The molecule has 40 heavy (non-hydrogen) atoms. The van der Waals surface area contributed by atoms with Crippen molar-refractivity contribution in [2.45, 2.75) is 45.2 Å². The van der Waals surface area contributed by atoms with Crippen LogP contribution in [0.25, 0.3) is 0 Å². The van der Waals surface area contributed by atoms with Crippen molar-refractivity contribution in [3.05, 3.63) is 135 Å². The second-order valence-electron chi connectivity index (χ2n) is 11.1. The zero-order valence-corrected chi connectivity index (χ0v) is 24.0. The Morgan fingerprint density at radius 3 is 2.10 bits per heavy atom. The fourth-order valence-electron chi connectivity index (χ4n) is 5.85. The lowest BCUT2D eigenvalue weighted by molar-refractivity contribution is -0.313. The van der Waals surface area contributed by atoms with Gasteiger partial charge in [0, 0.05) is 47.4 Å². The van der Waals surface area contributed by atoms with E-state index in [1.807, 2.05) is 68.6 Å². The second-order valence-corrected chi connectivity index (χ2v) is 12.1. The summed E-state index contributed by atoms with van der Waals surface area (Å²) in [6, 6.07) is 28.8. The lowest BCUT2D eigenvalue weighted by atomic mass is 9.77. The average Bonchev–Trinajstić information content (AvgIpc) is 3.42. The maximum absolute atomic E-state index is 13.5. The smallest absolute Gasteiger partial charge is 0.186 e. The monoisotopic (exact) mass is 546 g/mol. The number of fused-ring (bicyclic) bond motifs is 1. The molecule has 1 aliphatic carbocycles. The second kappa shape index (κ2) is 10.1. The van der Waals surface area contributed by atoms with E-state index in [4.69, 9.17) is 4.98 Å². The van der Waals surface area contributed by atoms with Gasteiger partial charge in [-0.05, 0) is 35.8 Å². The van der Waals surface area contributed by atoms with Crippen LogP contribution in [-0.2, 0) is 23.3 Å². The van der Waals surface area contributed by atoms with Crippen molar-refractivity contribution < 1.29 is 9.90 Å². The molecule has 0 bridgehead atoms. The number of anilines is 2. The number of likely N-dealkylation sites (N-methyl/N-ethyl adjacent to an activating group) is 1. The van der Waals surface area contributed by atoms with Crippen LogP contribution in [0.1, 0.15) is 47.0 Å². The summed E-state index contributed by atoms with van der Waals surface area (Å²) in [6.07, 6.45) is 1.82. The summed E-state index contributed by atoms with van der Waals surface area (Å²) >= 11 is 1.46. The maximum Gasteiger partial charge on any atom is 0.186 e. The maximum atomic E-state index is 13.5. The van der Waals surface area contributed by atoms with Gasteiger partial charge in [-0.3, -0.25) is 4.79 Å². The number of carbonyl (C=O) groups is 1. The molecule has 202 valence electrons. The highest BCUT2D eigenvalue weighted by Crippen LogP contribution is 2.49. The minimum absolute atomic E-state index is 0.117. The molecule has 4 aromatic rings. The van der Waals surface area contributed by atoms with E-state index in [0.717, 1.165) is 27.1 Å². The topological polar surface area (TPSA) is 59.5 Å². The zero-order valence-electron chi connectivity index (χ0n) is 23.2. The van der Waals surface area contributed by atoms with E-state index in [0.29, 0.717) is 13.1 Å². The number of rotatable bonds is 7. The van der Waals surface area contributed by atoms with E-state index in [1.165, 1.54) is 28.0 Å². The van der Waals surface area contributed by atoms with Crippen LogP contribution in [0.5, 0.6) is 0 Å². The van der Waals surface area contributed by atoms with Gasteiger partial charge in [0.1, 0.15) is 0 Å². The molecule has 1 atom stereocenters. The Labute approximate surface area is 239 Å². The summed E-state index contributed by atoms with van der Waals surface area (Å²) in [4.78, 5) is 23.4. The van der Waals surface area contributed by atoms with Crippen molar-refractivity contribution in [2.75, 3.05) is 16.8 Å². The summed E-state index contributed by atoms with van der Waals surface area (Å²) in [5, 5.41) is 14.3. The van der Waals surface area contributed by atoms with Crippen LogP contribution in [0.2, 0.25) is 0 Å². The number of carbonyl (C=O) groups excluding carboxylic acids is 1. The molecule has 1 aromatic heterocycles. The third kappa shape index (κ3) is 4.42. The molecule has 2 heterocycles. The molecule has 6 heteroatoms. The molecule has 0 radical (unpaired) electrons. The Bertz CT molecular complexity index is 1590. The molecule has 6 rings (SSSR count). The fourth-order valence-corrected chi connectivity index (χ4v) is 7.01. The number of benzene rings is 3. The molecule has 0 saturated heterocycles. The van der Waals surface area contributed by atoms with E-state index in [2.05, 4.69) is 60.0 Å². The molecule has 0 N–H and O–H groups in total. The number of aryl methyl sites for hydroxylation is 1. The predicted octanol–water partition coefficient (Wildman–Crippen LogP) is 6.25. The first-order valence-electron chi connectivity index (χ1n) is 13.6. The summed E-state index contributed by atoms with van der Waals surface area (Å²) in [6.45, 7) is 7.54. The summed E-state index contributed by atoms with van der Waals surface area (Å²) < 4.78 is 0. The van der Waals surface area contributed by atoms with Gasteiger partial charge in [0.2, 0.25) is 0 Å². The highest BCUT2D eigenvalue weighted by atomic mass is 32.1. The van der Waals surface area contributed by atoms with Crippen molar-refractivity contribution in [2.24, 2.45) is 0 Å². The Balaban J connectivity index is 1.31. The van der Waals surface area contributed by atoms with Crippen LogP contribution < -0.4 is 14.9 Å².